The topological polar surface area (TPSA) is 71.4 Å². The van der Waals surface area contributed by atoms with Gasteiger partial charge in [0, 0.05) is 24.1 Å². The number of carbonyl (C=O) groups excluding carboxylic acids is 2. The van der Waals surface area contributed by atoms with E-state index in [0.29, 0.717) is 31.9 Å². The van der Waals surface area contributed by atoms with Gasteiger partial charge in [0.1, 0.15) is 18.5 Å². The van der Waals surface area contributed by atoms with E-state index in [1.807, 2.05) is 12.1 Å². The minimum atomic E-state index is -0.429. The molecule has 2 aromatic rings. The number of morpholine rings is 1. The van der Waals surface area contributed by atoms with Crippen LogP contribution in [0.15, 0.2) is 53.5 Å². The molecule has 0 N–H and O–H groups in total. The smallest absolute Gasteiger partial charge is 0.414 e. The SMILES string of the molecule is O=C1COCCN1c1ccc(N2C[C@@H](CN=Cc3ccc(F)cc3)OC2=O)cc1. The van der Waals surface area contributed by atoms with Crippen molar-refractivity contribution in [3.63, 3.8) is 0 Å². The number of halogens is 1. The van der Waals surface area contributed by atoms with Crippen molar-refractivity contribution < 1.29 is 23.5 Å². The summed E-state index contributed by atoms with van der Waals surface area (Å²) in [6.07, 6.45) is 0.839. The molecule has 2 heterocycles. The second kappa shape index (κ2) is 8.40. The standard InChI is InChI=1S/C21H20FN3O4/c22-16-3-1-15(2-4-16)11-23-12-19-13-25(21(27)29-19)18-7-5-17(6-8-18)24-9-10-28-14-20(24)26/h1-8,11,19H,9-10,12-14H2/t19-/m1/s1. The molecule has 4 rings (SSSR count). The molecule has 8 heteroatoms. The molecule has 2 amide bonds. The number of anilines is 2. The van der Waals surface area contributed by atoms with Crippen LogP contribution < -0.4 is 9.80 Å². The molecule has 2 aliphatic heterocycles. The molecule has 29 heavy (non-hydrogen) atoms. The van der Waals surface area contributed by atoms with Gasteiger partial charge in [-0.15, -0.1) is 0 Å². The normalized spacial score (nSPS) is 19.8. The maximum absolute atomic E-state index is 12.9. The highest BCUT2D eigenvalue weighted by Gasteiger charge is 2.32. The first-order valence-corrected chi connectivity index (χ1v) is 9.32. The molecule has 0 saturated carbocycles. The van der Waals surface area contributed by atoms with Crippen molar-refractivity contribution >= 4 is 29.6 Å². The number of nitrogens with zero attached hydrogens (tertiary/aromatic N) is 3. The van der Waals surface area contributed by atoms with E-state index in [1.54, 1.807) is 40.3 Å². The molecule has 0 aromatic heterocycles. The molecule has 150 valence electrons. The van der Waals surface area contributed by atoms with E-state index in [9.17, 15) is 14.0 Å². The number of ether oxygens (including phenoxy) is 2. The Morgan fingerprint density at radius 2 is 1.72 bits per heavy atom. The van der Waals surface area contributed by atoms with Crippen LogP contribution in [0.4, 0.5) is 20.6 Å². The molecule has 0 radical (unpaired) electrons. The van der Waals surface area contributed by atoms with Crippen LogP contribution in [0, 0.1) is 5.82 Å². The molecular formula is C21H20FN3O4. The Morgan fingerprint density at radius 1 is 1.03 bits per heavy atom. The van der Waals surface area contributed by atoms with Crippen molar-refractivity contribution in [2.75, 3.05) is 42.6 Å². The first-order valence-electron chi connectivity index (χ1n) is 9.32. The van der Waals surface area contributed by atoms with E-state index >= 15 is 0 Å². The van der Waals surface area contributed by atoms with Crippen LogP contribution in [0.2, 0.25) is 0 Å². The summed E-state index contributed by atoms with van der Waals surface area (Å²) in [5.41, 5.74) is 2.25. The molecule has 0 spiro atoms. The fourth-order valence-corrected chi connectivity index (χ4v) is 3.26. The first-order chi connectivity index (χ1) is 14.1. The Hall–Kier alpha value is -3.26. The number of cyclic esters (lactones) is 1. The molecule has 2 fully saturated rings. The summed E-state index contributed by atoms with van der Waals surface area (Å²) < 4.78 is 23.4. The highest BCUT2D eigenvalue weighted by molar-refractivity contribution is 5.95. The van der Waals surface area contributed by atoms with Gasteiger partial charge in [-0.1, -0.05) is 12.1 Å². The summed E-state index contributed by atoms with van der Waals surface area (Å²) in [7, 11) is 0. The van der Waals surface area contributed by atoms with Gasteiger partial charge >= 0.3 is 6.09 Å². The van der Waals surface area contributed by atoms with E-state index in [2.05, 4.69) is 4.99 Å². The average molecular weight is 397 g/mol. The predicted molar refractivity (Wildman–Crippen MR) is 106 cm³/mol. The Balaban J connectivity index is 1.36. The molecule has 2 aromatic carbocycles. The van der Waals surface area contributed by atoms with Crippen molar-refractivity contribution in [1.82, 2.24) is 0 Å². The lowest BCUT2D eigenvalue weighted by Gasteiger charge is -2.27. The third kappa shape index (κ3) is 4.43. The van der Waals surface area contributed by atoms with Gasteiger partial charge in [0.2, 0.25) is 0 Å². The van der Waals surface area contributed by atoms with Gasteiger partial charge in [0.25, 0.3) is 5.91 Å². The predicted octanol–water partition coefficient (Wildman–Crippen LogP) is 2.63. The van der Waals surface area contributed by atoms with Gasteiger partial charge in [0.15, 0.2) is 0 Å². The zero-order valence-electron chi connectivity index (χ0n) is 15.7. The molecule has 0 aliphatic carbocycles. The Labute approximate surface area is 167 Å². The molecule has 0 unspecified atom stereocenters. The zero-order chi connectivity index (χ0) is 20.2. The lowest BCUT2D eigenvalue weighted by molar-refractivity contribution is -0.125. The lowest BCUT2D eigenvalue weighted by Crippen LogP contribution is -2.41. The monoisotopic (exact) mass is 397 g/mol. The number of carbonyl (C=O) groups is 2. The second-order valence-electron chi connectivity index (χ2n) is 6.78. The minimum Gasteiger partial charge on any atom is -0.442 e. The van der Waals surface area contributed by atoms with Crippen LogP contribution in [-0.2, 0) is 14.3 Å². The summed E-state index contributed by atoms with van der Waals surface area (Å²) >= 11 is 0. The van der Waals surface area contributed by atoms with Gasteiger partial charge in [-0.25, -0.2) is 9.18 Å². The maximum atomic E-state index is 12.9. The van der Waals surface area contributed by atoms with Crippen molar-refractivity contribution in [3.05, 3.63) is 59.9 Å². The minimum absolute atomic E-state index is 0.0799. The summed E-state index contributed by atoms with van der Waals surface area (Å²) in [6.45, 7) is 1.81. The summed E-state index contributed by atoms with van der Waals surface area (Å²) in [5.74, 6) is -0.379. The van der Waals surface area contributed by atoms with Crippen molar-refractivity contribution in [2.24, 2.45) is 4.99 Å². The van der Waals surface area contributed by atoms with E-state index < -0.39 is 6.09 Å². The number of rotatable bonds is 5. The quantitative estimate of drug-likeness (QED) is 0.728. The van der Waals surface area contributed by atoms with Crippen LogP contribution in [0.25, 0.3) is 0 Å². The van der Waals surface area contributed by atoms with Crippen LogP contribution in [0.5, 0.6) is 0 Å². The van der Waals surface area contributed by atoms with Crippen molar-refractivity contribution in [3.8, 4) is 0 Å². The van der Waals surface area contributed by atoms with Gasteiger partial charge in [0.05, 0.1) is 19.7 Å². The van der Waals surface area contributed by atoms with Crippen LogP contribution >= 0.6 is 0 Å². The molecule has 0 bridgehead atoms. The van der Waals surface area contributed by atoms with Crippen LogP contribution in [0.1, 0.15) is 5.56 Å². The highest BCUT2D eigenvalue weighted by Crippen LogP contribution is 2.25. The molecule has 7 nitrogen and oxygen atoms in total. The number of hydrogen-bond donors (Lipinski definition) is 0. The first kappa shape index (κ1) is 19.1. The number of hydrogen-bond acceptors (Lipinski definition) is 5. The fraction of sp³-hybridized carbons (Fsp3) is 0.286. The van der Waals surface area contributed by atoms with E-state index in [0.717, 1.165) is 11.3 Å². The van der Waals surface area contributed by atoms with E-state index in [-0.39, 0.29) is 24.4 Å². The Kier molecular flexibility index (Phi) is 5.53. The average Bonchev–Trinajstić information content (AvgIpc) is 3.10. The summed E-state index contributed by atoms with van der Waals surface area (Å²) in [6, 6.07) is 13.2. The zero-order valence-corrected chi connectivity index (χ0v) is 15.7. The maximum Gasteiger partial charge on any atom is 0.414 e. The van der Waals surface area contributed by atoms with Crippen molar-refractivity contribution in [1.29, 1.82) is 0 Å². The lowest BCUT2D eigenvalue weighted by atomic mass is 10.2. The molecule has 2 saturated heterocycles. The largest absolute Gasteiger partial charge is 0.442 e. The summed E-state index contributed by atoms with van der Waals surface area (Å²) in [4.78, 5) is 31.7. The third-order valence-electron chi connectivity index (χ3n) is 4.75. The van der Waals surface area contributed by atoms with Gasteiger partial charge in [-0.05, 0) is 42.0 Å². The fourth-order valence-electron chi connectivity index (χ4n) is 3.26. The van der Waals surface area contributed by atoms with Crippen molar-refractivity contribution in [2.45, 2.75) is 6.10 Å². The van der Waals surface area contributed by atoms with Gasteiger partial charge in [-0.3, -0.25) is 14.7 Å². The van der Waals surface area contributed by atoms with E-state index in [1.165, 1.54) is 12.1 Å². The Morgan fingerprint density at radius 3 is 2.41 bits per heavy atom. The number of amides is 2. The number of benzene rings is 2. The second-order valence-corrected chi connectivity index (χ2v) is 6.78. The number of aliphatic imine (C=N–C) groups is 1. The van der Waals surface area contributed by atoms with Gasteiger partial charge in [-0.2, -0.15) is 0 Å². The molecule has 2 aliphatic rings. The highest BCUT2D eigenvalue weighted by atomic mass is 19.1. The van der Waals surface area contributed by atoms with Gasteiger partial charge < -0.3 is 14.4 Å². The Bertz CT molecular complexity index is 915. The van der Waals surface area contributed by atoms with E-state index in [4.69, 9.17) is 9.47 Å². The molecule has 1 atom stereocenters. The molecular weight excluding hydrogens is 377 g/mol. The summed E-state index contributed by atoms with van der Waals surface area (Å²) in [5, 5.41) is 0. The van der Waals surface area contributed by atoms with Crippen LogP contribution in [0.3, 0.4) is 0 Å². The van der Waals surface area contributed by atoms with Crippen LogP contribution in [-0.4, -0.2) is 57.2 Å². The third-order valence-corrected chi connectivity index (χ3v) is 4.75.